The lowest BCUT2D eigenvalue weighted by Crippen LogP contribution is -2.37. The van der Waals surface area contributed by atoms with E-state index in [9.17, 15) is 19.0 Å². The average molecular weight is 1170 g/mol. The van der Waals surface area contributed by atoms with E-state index in [2.05, 4.69) is 74.6 Å². The molecule has 2 atom stereocenters. The number of phosphoric ester groups is 1. The Hall–Kier alpha value is -2.29. The average Bonchev–Trinajstić information content (AvgIpc) is 3.45. The Morgan fingerprint density at radius 2 is 0.659 bits per heavy atom. The summed E-state index contributed by atoms with van der Waals surface area (Å²) in [5.74, 6) is -0.820. The number of carbonyl (C=O) groups excluding carboxylic acids is 2. The van der Waals surface area contributed by atoms with Crippen molar-refractivity contribution in [3.8, 4) is 0 Å². The Kier molecular flexibility index (Phi) is 61.5. The summed E-state index contributed by atoms with van der Waals surface area (Å²) in [4.78, 5) is 38.1. The van der Waals surface area contributed by atoms with Crippen molar-refractivity contribution >= 4 is 19.8 Å². The minimum absolute atomic E-state index is 0.0306. The number of unbranched alkanes of at least 4 members (excludes halogenated alkanes) is 41. The lowest BCUT2D eigenvalue weighted by Gasteiger charge is -2.28. The lowest BCUT2D eigenvalue weighted by molar-refractivity contribution is -0.870. The highest BCUT2D eigenvalue weighted by Crippen LogP contribution is 2.38. The van der Waals surface area contributed by atoms with Crippen LogP contribution in [0.5, 0.6) is 0 Å². The normalized spacial score (nSPS) is 13.5. The third-order valence-corrected chi connectivity index (χ3v) is 16.5. The highest BCUT2D eigenvalue weighted by molar-refractivity contribution is 7.45. The molecule has 0 spiro atoms. The number of rotatable bonds is 65. The number of esters is 2. The van der Waals surface area contributed by atoms with E-state index in [1.165, 1.54) is 244 Å². The van der Waals surface area contributed by atoms with E-state index in [4.69, 9.17) is 18.5 Å². The molecule has 0 aromatic rings. The summed E-state index contributed by atoms with van der Waals surface area (Å²) in [6.07, 6.45) is 83.0. The minimum atomic E-state index is -4.64. The van der Waals surface area contributed by atoms with Gasteiger partial charge in [0.1, 0.15) is 19.8 Å². The Morgan fingerprint density at radius 3 is 0.976 bits per heavy atom. The second-order valence-electron chi connectivity index (χ2n) is 24.9. The monoisotopic (exact) mass is 1170 g/mol. The molecule has 0 radical (unpaired) electrons. The molecule has 2 unspecified atom stereocenters. The van der Waals surface area contributed by atoms with Crippen molar-refractivity contribution in [1.29, 1.82) is 0 Å². The van der Waals surface area contributed by atoms with Crippen molar-refractivity contribution in [2.24, 2.45) is 0 Å². The number of hydrogen-bond acceptors (Lipinski definition) is 8. The van der Waals surface area contributed by atoms with E-state index >= 15 is 0 Å². The van der Waals surface area contributed by atoms with Crippen LogP contribution in [-0.2, 0) is 32.7 Å². The number of quaternary nitrogens is 1. The van der Waals surface area contributed by atoms with Crippen molar-refractivity contribution in [2.45, 2.75) is 341 Å². The quantitative estimate of drug-likeness (QED) is 0.0195. The van der Waals surface area contributed by atoms with Crippen LogP contribution in [0.3, 0.4) is 0 Å². The highest BCUT2D eigenvalue weighted by Gasteiger charge is 2.22. The smallest absolute Gasteiger partial charge is 0.306 e. The van der Waals surface area contributed by atoms with E-state index < -0.39 is 26.5 Å². The van der Waals surface area contributed by atoms with Gasteiger partial charge in [-0.3, -0.25) is 14.2 Å². The third kappa shape index (κ3) is 66.8. The molecule has 0 aromatic heterocycles. The van der Waals surface area contributed by atoms with Crippen LogP contribution in [0.25, 0.3) is 0 Å². The largest absolute Gasteiger partial charge is 0.756 e. The van der Waals surface area contributed by atoms with Crippen LogP contribution in [0.1, 0.15) is 335 Å². The van der Waals surface area contributed by atoms with E-state index in [0.717, 1.165) is 57.8 Å². The van der Waals surface area contributed by atoms with E-state index in [-0.39, 0.29) is 32.0 Å². The predicted octanol–water partition coefficient (Wildman–Crippen LogP) is 22.0. The van der Waals surface area contributed by atoms with Gasteiger partial charge in [-0.05, 0) is 83.5 Å². The van der Waals surface area contributed by atoms with Crippen molar-refractivity contribution in [2.75, 3.05) is 47.5 Å². The van der Waals surface area contributed by atoms with Crippen molar-refractivity contribution < 1.29 is 42.1 Å². The Balaban J connectivity index is 4.03. The lowest BCUT2D eigenvalue weighted by atomic mass is 10.0. The van der Waals surface area contributed by atoms with Crippen LogP contribution in [-0.4, -0.2) is 70.0 Å². The van der Waals surface area contributed by atoms with E-state index in [1.807, 2.05) is 21.1 Å². The first kappa shape index (κ1) is 79.7. The van der Waals surface area contributed by atoms with Crippen molar-refractivity contribution in [1.82, 2.24) is 0 Å². The van der Waals surface area contributed by atoms with E-state index in [1.54, 1.807) is 0 Å². The van der Waals surface area contributed by atoms with Crippen LogP contribution in [0.15, 0.2) is 60.8 Å². The molecule has 10 heteroatoms. The van der Waals surface area contributed by atoms with Crippen LogP contribution in [0, 0.1) is 0 Å². The fourth-order valence-corrected chi connectivity index (χ4v) is 10.8. The van der Waals surface area contributed by atoms with Crippen molar-refractivity contribution in [3.63, 3.8) is 0 Å². The molecule has 82 heavy (non-hydrogen) atoms. The zero-order valence-corrected chi connectivity index (χ0v) is 55.6. The topological polar surface area (TPSA) is 111 Å². The maximum atomic E-state index is 12.9. The molecule has 0 aliphatic heterocycles. The van der Waals surface area contributed by atoms with Gasteiger partial charge in [-0.25, -0.2) is 0 Å². The van der Waals surface area contributed by atoms with Gasteiger partial charge in [0.2, 0.25) is 0 Å². The summed E-state index contributed by atoms with van der Waals surface area (Å²) in [5.41, 5.74) is 0. The number of likely N-dealkylation sites (N-methyl/N-ethyl adjacent to an activating group) is 1. The highest BCUT2D eigenvalue weighted by atomic mass is 31.2. The van der Waals surface area contributed by atoms with Gasteiger partial charge in [0.15, 0.2) is 6.10 Å². The standard InChI is InChI=1S/C72H134NO8P/c1-6-8-10-12-14-16-18-20-22-24-26-28-30-32-34-36-38-40-42-44-46-48-50-52-54-56-58-60-62-64-71(74)78-68-70(69-80-82(76,77)79-67-66-73(3,4)5)81-72(75)65-63-61-59-57-55-53-51-49-47-45-43-41-39-37-35-33-31-29-27-25-23-21-19-17-15-13-11-9-7-2/h18-21,24-27,31,33,70H,6-17,22-23,28-30,32,34-69H2,1-5H3/b20-18-,21-19-,26-24-,27-25-,33-31-. The van der Waals surface area contributed by atoms with Gasteiger partial charge in [0.25, 0.3) is 7.82 Å². The third-order valence-electron chi connectivity index (χ3n) is 15.5. The zero-order chi connectivity index (χ0) is 59.8. The van der Waals surface area contributed by atoms with E-state index in [0.29, 0.717) is 17.4 Å². The zero-order valence-electron chi connectivity index (χ0n) is 54.7. The number of carbonyl (C=O) groups is 2. The molecule has 0 N–H and O–H groups in total. The first-order valence-corrected chi connectivity index (χ1v) is 36.5. The molecule has 0 heterocycles. The van der Waals surface area contributed by atoms with Gasteiger partial charge in [-0.15, -0.1) is 0 Å². The first-order valence-electron chi connectivity index (χ1n) is 35.0. The van der Waals surface area contributed by atoms with Gasteiger partial charge in [-0.2, -0.15) is 0 Å². The first-order chi connectivity index (χ1) is 40.0. The maximum Gasteiger partial charge on any atom is 0.306 e. The molecular formula is C72H134NO8P. The molecule has 0 aliphatic carbocycles. The number of allylic oxidation sites excluding steroid dienone is 10. The Bertz CT molecular complexity index is 1570. The van der Waals surface area contributed by atoms with Gasteiger partial charge in [0, 0.05) is 12.8 Å². The van der Waals surface area contributed by atoms with Gasteiger partial charge in [0.05, 0.1) is 27.7 Å². The number of ether oxygens (including phenoxy) is 2. The summed E-state index contributed by atoms with van der Waals surface area (Å²) in [7, 11) is 1.18. The number of nitrogens with zero attached hydrogens (tertiary/aromatic N) is 1. The molecule has 0 fully saturated rings. The molecule has 0 saturated heterocycles. The number of hydrogen-bond donors (Lipinski definition) is 0. The Labute approximate surface area is 508 Å². The molecule has 0 aromatic carbocycles. The fourth-order valence-electron chi connectivity index (χ4n) is 10.1. The van der Waals surface area contributed by atoms with Crippen LogP contribution >= 0.6 is 7.82 Å². The molecule has 0 saturated carbocycles. The Morgan fingerprint density at radius 1 is 0.378 bits per heavy atom. The van der Waals surface area contributed by atoms with Gasteiger partial charge in [-0.1, -0.05) is 299 Å². The molecule has 0 amide bonds. The maximum absolute atomic E-state index is 12.9. The SMILES string of the molecule is CCCCCCC/C=C\C/C=C\C/C=C\CCCCCCCCCCCCCCCCC(=O)OC(COC(=O)CCCCCCCCCCCCCCCCCCC/C=C\C/C=C\CCCCCCC)COP(=O)([O-])OCC[N+](C)(C)C. The molecule has 0 rings (SSSR count). The number of phosphoric acid groups is 1. The van der Waals surface area contributed by atoms with Crippen LogP contribution in [0.4, 0.5) is 0 Å². The second kappa shape index (κ2) is 63.2. The summed E-state index contributed by atoms with van der Waals surface area (Å²) in [6.45, 7) is 4.27. The molecule has 0 aliphatic rings. The minimum Gasteiger partial charge on any atom is -0.756 e. The summed E-state index contributed by atoms with van der Waals surface area (Å²) in [5, 5.41) is 0. The van der Waals surface area contributed by atoms with Gasteiger partial charge < -0.3 is 27.9 Å². The van der Waals surface area contributed by atoms with Crippen molar-refractivity contribution in [3.05, 3.63) is 60.8 Å². The molecular weight excluding hydrogens is 1040 g/mol. The van der Waals surface area contributed by atoms with Crippen LogP contribution in [0.2, 0.25) is 0 Å². The fraction of sp³-hybridized carbons (Fsp3) is 0.833. The van der Waals surface area contributed by atoms with Gasteiger partial charge >= 0.3 is 11.9 Å². The molecule has 9 nitrogen and oxygen atoms in total. The predicted molar refractivity (Wildman–Crippen MR) is 351 cm³/mol. The second-order valence-corrected chi connectivity index (χ2v) is 26.3. The summed E-state index contributed by atoms with van der Waals surface area (Å²) >= 11 is 0. The summed E-state index contributed by atoms with van der Waals surface area (Å²) < 4.78 is 34.3. The van der Waals surface area contributed by atoms with Crippen LogP contribution < -0.4 is 4.89 Å². The molecule has 480 valence electrons. The summed E-state index contributed by atoms with van der Waals surface area (Å²) in [6, 6.07) is 0. The molecule has 0 bridgehead atoms.